The van der Waals surface area contributed by atoms with E-state index in [2.05, 4.69) is 29.0 Å². The van der Waals surface area contributed by atoms with Crippen LogP contribution >= 0.6 is 0 Å². The number of hydrogen-bond donors (Lipinski definition) is 1. The van der Waals surface area contributed by atoms with Gasteiger partial charge in [0.1, 0.15) is 18.2 Å². The number of amides is 3. The smallest absolute Gasteiger partial charge is 0.329 e. The van der Waals surface area contributed by atoms with Gasteiger partial charge in [-0.15, -0.1) is 0 Å². The van der Waals surface area contributed by atoms with E-state index in [1.54, 1.807) is 9.80 Å². The number of likely N-dealkylation sites (tertiary alicyclic amines) is 3. The maximum atomic E-state index is 14.2. The Morgan fingerprint density at radius 2 is 1.53 bits per heavy atom. The van der Waals surface area contributed by atoms with E-state index in [1.165, 1.54) is 0 Å². The summed E-state index contributed by atoms with van der Waals surface area (Å²) in [5.74, 6) is -0.453. The molecule has 10 heteroatoms. The molecule has 262 valence electrons. The van der Waals surface area contributed by atoms with E-state index in [0.29, 0.717) is 19.5 Å². The molecule has 3 heterocycles. The maximum Gasteiger partial charge on any atom is 0.329 e. The number of carbonyl (C=O) groups is 4. The van der Waals surface area contributed by atoms with Crippen LogP contribution in [0.4, 0.5) is 0 Å². The van der Waals surface area contributed by atoms with E-state index in [9.17, 15) is 19.2 Å². The van der Waals surface area contributed by atoms with Gasteiger partial charge in [-0.2, -0.15) is 0 Å². The largest absolute Gasteiger partial charge is 0.456 e. The average molecular weight is 654 g/mol. The van der Waals surface area contributed by atoms with Gasteiger partial charge in [-0.1, -0.05) is 71.4 Å². The molecular formula is C37H59N5O5. The molecule has 3 saturated heterocycles. The van der Waals surface area contributed by atoms with Crippen LogP contribution in [0, 0.1) is 11.3 Å². The molecule has 0 radical (unpaired) electrons. The molecular weight excluding hydrogens is 594 g/mol. The molecule has 3 fully saturated rings. The fourth-order valence-corrected chi connectivity index (χ4v) is 7.52. The zero-order valence-corrected chi connectivity index (χ0v) is 30.0. The summed E-state index contributed by atoms with van der Waals surface area (Å²) in [6.07, 6.45) is 5.45. The zero-order chi connectivity index (χ0) is 34.5. The molecule has 3 aliphatic rings. The van der Waals surface area contributed by atoms with Crippen LogP contribution in [0.1, 0.15) is 98.2 Å². The summed E-state index contributed by atoms with van der Waals surface area (Å²) >= 11 is 0. The first-order chi connectivity index (χ1) is 22.2. The minimum Gasteiger partial charge on any atom is -0.456 e. The van der Waals surface area contributed by atoms with Gasteiger partial charge in [0.25, 0.3) is 0 Å². The molecule has 1 aromatic rings. The number of nitrogens with zero attached hydrogens (tertiary/aromatic N) is 4. The Labute approximate surface area is 282 Å². The average Bonchev–Trinajstić information content (AvgIpc) is 3.72. The van der Waals surface area contributed by atoms with Crippen molar-refractivity contribution >= 4 is 23.7 Å². The summed E-state index contributed by atoms with van der Waals surface area (Å²) in [5.41, 5.74) is 0.436. The highest BCUT2D eigenvalue weighted by Crippen LogP contribution is 2.29. The van der Waals surface area contributed by atoms with Gasteiger partial charge in [0.2, 0.25) is 17.7 Å². The van der Waals surface area contributed by atoms with Gasteiger partial charge in [-0.3, -0.25) is 24.2 Å². The molecule has 0 aliphatic carbocycles. The molecule has 10 nitrogen and oxygen atoms in total. The van der Waals surface area contributed by atoms with Crippen LogP contribution in [0.2, 0.25) is 0 Å². The van der Waals surface area contributed by atoms with E-state index in [0.717, 1.165) is 57.2 Å². The minimum absolute atomic E-state index is 0.0257. The molecule has 6 atom stereocenters. The number of benzene rings is 1. The number of hydrogen-bond acceptors (Lipinski definition) is 7. The lowest BCUT2D eigenvalue weighted by Gasteiger charge is -2.41. The third-order valence-corrected chi connectivity index (χ3v) is 10.5. The molecule has 0 spiro atoms. The Morgan fingerprint density at radius 3 is 2.17 bits per heavy atom. The van der Waals surface area contributed by atoms with E-state index in [1.807, 2.05) is 72.1 Å². The molecule has 3 amide bonds. The summed E-state index contributed by atoms with van der Waals surface area (Å²) in [4.78, 5) is 62.8. The minimum atomic E-state index is -0.678. The number of ether oxygens (including phenoxy) is 1. The van der Waals surface area contributed by atoms with E-state index in [-0.39, 0.29) is 47.7 Å². The number of nitrogens with one attached hydrogen (secondary N) is 1. The SMILES string of the molecule is CC(C)[C@@H](CN1CCC[C@H]1C(=O)N1CCCC1C(=O)O[C@H](C)c1ccccc1)N(C)C(=O)[C@@H](NC(=O)[C@H]1CCCCN1C)C(C)(C)C. The van der Waals surface area contributed by atoms with Crippen molar-refractivity contribution in [3.05, 3.63) is 35.9 Å². The second kappa shape index (κ2) is 15.9. The van der Waals surface area contributed by atoms with Crippen molar-refractivity contribution in [2.45, 2.75) is 123 Å². The van der Waals surface area contributed by atoms with Gasteiger partial charge in [0, 0.05) is 26.2 Å². The highest BCUT2D eigenvalue weighted by molar-refractivity contribution is 5.91. The molecule has 3 aliphatic heterocycles. The van der Waals surface area contributed by atoms with E-state index in [4.69, 9.17) is 4.74 Å². The van der Waals surface area contributed by atoms with Gasteiger partial charge in [0.15, 0.2) is 0 Å². The molecule has 1 unspecified atom stereocenters. The number of likely N-dealkylation sites (N-methyl/N-ethyl adjacent to an activating group) is 2. The topological polar surface area (TPSA) is 103 Å². The quantitative estimate of drug-likeness (QED) is 0.357. The van der Waals surface area contributed by atoms with Crippen LogP contribution in [0.25, 0.3) is 0 Å². The molecule has 0 bridgehead atoms. The second-order valence-electron chi connectivity index (χ2n) is 15.4. The first kappa shape index (κ1) is 36.8. The van der Waals surface area contributed by atoms with Crippen molar-refractivity contribution in [3.63, 3.8) is 0 Å². The standard InChI is InChI=1S/C37H59N5O5/c1-25(2)31(40(8)35(45)32(37(4,5)6)38-33(43)28-18-12-13-21-39(28)7)24-41-22-14-19-29(41)34(44)42-23-15-20-30(42)36(46)47-26(3)27-16-10-9-11-17-27/h9-11,16-17,25-26,28-32H,12-15,18-24H2,1-8H3,(H,38,43)/t26-,28-,29+,30?,31-,32-/m1/s1. The molecule has 0 saturated carbocycles. The van der Waals surface area contributed by atoms with Crippen molar-refractivity contribution in [1.82, 2.24) is 24.9 Å². The number of rotatable bonds is 11. The van der Waals surface area contributed by atoms with Gasteiger partial charge >= 0.3 is 5.97 Å². The van der Waals surface area contributed by atoms with Crippen LogP contribution in [-0.2, 0) is 23.9 Å². The summed E-state index contributed by atoms with van der Waals surface area (Å²) in [5, 5.41) is 3.14. The van der Waals surface area contributed by atoms with Crippen molar-refractivity contribution < 1.29 is 23.9 Å². The monoisotopic (exact) mass is 653 g/mol. The lowest BCUT2D eigenvalue weighted by Crippen LogP contribution is -2.61. The second-order valence-corrected chi connectivity index (χ2v) is 15.4. The molecule has 4 rings (SSSR count). The van der Waals surface area contributed by atoms with Crippen molar-refractivity contribution in [2.75, 3.05) is 40.3 Å². The van der Waals surface area contributed by atoms with Gasteiger partial charge in [-0.25, -0.2) is 4.79 Å². The normalized spacial score (nSPS) is 24.5. The van der Waals surface area contributed by atoms with Crippen molar-refractivity contribution in [3.8, 4) is 0 Å². The zero-order valence-electron chi connectivity index (χ0n) is 30.0. The number of piperidine rings is 1. The summed E-state index contributed by atoms with van der Waals surface area (Å²) in [7, 11) is 3.81. The van der Waals surface area contributed by atoms with Gasteiger partial charge < -0.3 is 19.9 Å². The number of esters is 1. The fourth-order valence-electron chi connectivity index (χ4n) is 7.52. The predicted octanol–water partition coefficient (Wildman–Crippen LogP) is 4.24. The predicted molar refractivity (Wildman–Crippen MR) is 183 cm³/mol. The first-order valence-electron chi connectivity index (χ1n) is 17.8. The maximum absolute atomic E-state index is 14.2. The third kappa shape index (κ3) is 8.93. The van der Waals surface area contributed by atoms with Crippen LogP contribution in [0.15, 0.2) is 30.3 Å². The molecule has 47 heavy (non-hydrogen) atoms. The van der Waals surface area contributed by atoms with Gasteiger partial charge in [-0.05, 0) is 82.5 Å². The summed E-state index contributed by atoms with van der Waals surface area (Å²) in [6, 6.07) is 7.64. The Morgan fingerprint density at radius 1 is 0.894 bits per heavy atom. The Hall–Kier alpha value is -2.98. The van der Waals surface area contributed by atoms with Crippen molar-refractivity contribution in [2.24, 2.45) is 11.3 Å². The van der Waals surface area contributed by atoms with Crippen LogP contribution < -0.4 is 5.32 Å². The van der Waals surface area contributed by atoms with E-state index < -0.39 is 23.6 Å². The van der Waals surface area contributed by atoms with Crippen molar-refractivity contribution in [1.29, 1.82) is 0 Å². The molecule has 0 aromatic heterocycles. The Balaban J connectivity index is 1.43. The van der Waals surface area contributed by atoms with E-state index >= 15 is 0 Å². The van der Waals surface area contributed by atoms with Gasteiger partial charge in [0.05, 0.1) is 12.1 Å². The fraction of sp³-hybridized carbons (Fsp3) is 0.730. The van der Waals surface area contributed by atoms with Crippen LogP contribution in [-0.4, -0.2) is 114 Å². The summed E-state index contributed by atoms with van der Waals surface area (Å²) in [6.45, 7) is 14.8. The number of carbonyl (C=O) groups excluding carboxylic acids is 4. The summed E-state index contributed by atoms with van der Waals surface area (Å²) < 4.78 is 5.84. The highest BCUT2D eigenvalue weighted by Gasteiger charge is 2.44. The molecule has 1 aromatic carbocycles. The lowest BCUT2D eigenvalue weighted by molar-refractivity contribution is -0.159. The highest BCUT2D eigenvalue weighted by atomic mass is 16.5. The first-order valence-corrected chi connectivity index (χ1v) is 17.8. The lowest BCUT2D eigenvalue weighted by atomic mass is 9.84. The van der Waals surface area contributed by atoms with Crippen LogP contribution in [0.5, 0.6) is 0 Å². The third-order valence-electron chi connectivity index (χ3n) is 10.5. The Kier molecular flexibility index (Phi) is 12.5. The molecule has 1 N–H and O–H groups in total. The van der Waals surface area contributed by atoms with Crippen LogP contribution in [0.3, 0.4) is 0 Å². The Bertz CT molecular complexity index is 1230.